The number of anilines is 1. The fourth-order valence-electron chi connectivity index (χ4n) is 1.36. The molecule has 0 radical (unpaired) electrons. The van der Waals surface area contributed by atoms with E-state index in [-0.39, 0.29) is 6.04 Å². The van der Waals surface area contributed by atoms with Crippen molar-refractivity contribution in [3.05, 3.63) is 51.1 Å². The van der Waals surface area contributed by atoms with Crippen LogP contribution in [0.3, 0.4) is 0 Å². The Bertz CT molecular complexity index is 502. The second-order valence-corrected chi connectivity index (χ2v) is 5.04. The Morgan fingerprint density at radius 3 is 2.69 bits per heavy atom. The van der Waals surface area contributed by atoms with Crippen LogP contribution in [0.5, 0.6) is 0 Å². The summed E-state index contributed by atoms with van der Waals surface area (Å²) < 4.78 is 0.965. The fourth-order valence-corrected chi connectivity index (χ4v) is 2.47. The number of para-hydroxylation sites is 1. The minimum atomic E-state index is -0.293. The van der Waals surface area contributed by atoms with Gasteiger partial charge in [0.1, 0.15) is 6.04 Å². The minimum absolute atomic E-state index is 0.293. The Morgan fingerprint density at radius 1 is 1.25 bits per heavy atom. The van der Waals surface area contributed by atoms with Gasteiger partial charge in [0.2, 0.25) is 0 Å². The lowest BCUT2D eigenvalue weighted by molar-refractivity contribution is 1.03. The van der Waals surface area contributed by atoms with Crippen LogP contribution in [-0.2, 0) is 0 Å². The van der Waals surface area contributed by atoms with Gasteiger partial charge in [-0.2, -0.15) is 5.26 Å². The number of nitriles is 1. The van der Waals surface area contributed by atoms with E-state index in [1.807, 2.05) is 41.8 Å². The third-order valence-corrected chi connectivity index (χ3v) is 3.76. The Labute approximate surface area is 107 Å². The normalized spacial score (nSPS) is 11.8. The molecule has 0 aliphatic heterocycles. The lowest BCUT2D eigenvalue weighted by Crippen LogP contribution is -2.06. The van der Waals surface area contributed by atoms with Crippen LogP contribution >= 0.6 is 27.3 Å². The first-order valence-corrected chi connectivity index (χ1v) is 6.42. The maximum atomic E-state index is 9.13. The first-order chi connectivity index (χ1) is 7.81. The average Bonchev–Trinajstić information content (AvgIpc) is 2.81. The van der Waals surface area contributed by atoms with Crippen molar-refractivity contribution >= 4 is 33.0 Å². The largest absolute Gasteiger partial charge is 0.365 e. The minimum Gasteiger partial charge on any atom is -0.365 e. The van der Waals surface area contributed by atoms with Crippen LogP contribution in [0.2, 0.25) is 0 Å². The second kappa shape index (κ2) is 5.15. The highest BCUT2D eigenvalue weighted by Gasteiger charge is 2.11. The number of hydrogen-bond acceptors (Lipinski definition) is 3. The molecule has 0 amide bonds. The van der Waals surface area contributed by atoms with E-state index >= 15 is 0 Å². The SMILES string of the molecule is N#CC(Nc1ccccc1Br)c1cccs1. The number of nitrogens with zero attached hydrogens (tertiary/aromatic N) is 1. The van der Waals surface area contributed by atoms with E-state index in [9.17, 15) is 0 Å². The molecule has 80 valence electrons. The van der Waals surface area contributed by atoms with Gasteiger partial charge >= 0.3 is 0 Å². The number of hydrogen-bond donors (Lipinski definition) is 1. The highest BCUT2D eigenvalue weighted by molar-refractivity contribution is 9.10. The number of thiophene rings is 1. The van der Waals surface area contributed by atoms with Crippen LogP contribution < -0.4 is 5.32 Å². The van der Waals surface area contributed by atoms with E-state index in [1.165, 1.54) is 0 Å². The van der Waals surface area contributed by atoms with E-state index in [2.05, 4.69) is 27.3 Å². The van der Waals surface area contributed by atoms with Crippen molar-refractivity contribution in [2.24, 2.45) is 0 Å². The summed E-state index contributed by atoms with van der Waals surface area (Å²) in [5.74, 6) is 0. The molecule has 1 N–H and O–H groups in total. The Kier molecular flexibility index (Phi) is 3.60. The van der Waals surface area contributed by atoms with Crippen LogP contribution in [0, 0.1) is 11.3 Å². The van der Waals surface area contributed by atoms with E-state index in [0.29, 0.717) is 0 Å². The number of rotatable bonds is 3. The van der Waals surface area contributed by atoms with Crippen molar-refractivity contribution in [1.82, 2.24) is 0 Å². The number of benzene rings is 1. The van der Waals surface area contributed by atoms with Crippen LogP contribution in [-0.4, -0.2) is 0 Å². The third kappa shape index (κ3) is 2.43. The van der Waals surface area contributed by atoms with Gasteiger partial charge in [-0.1, -0.05) is 18.2 Å². The van der Waals surface area contributed by atoms with Crippen molar-refractivity contribution in [2.45, 2.75) is 6.04 Å². The average molecular weight is 293 g/mol. The Hall–Kier alpha value is -1.31. The highest BCUT2D eigenvalue weighted by atomic mass is 79.9. The summed E-state index contributed by atoms with van der Waals surface area (Å²) in [6.07, 6.45) is 0. The van der Waals surface area contributed by atoms with Crippen molar-refractivity contribution in [3.8, 4) is 6.07 Å². The first kappa shape index (κ1) is 11.2. The van der Waals surface area contributed by atoms with Gasteiger partial charge in [0.25, 0.3) is 0 Å². The standard InChI is InChI=1S/C12H9BrN2S/c13-9-4-1-2-5-10(9)15-11(8-14)12-6-3-7-16-12/h1-7,11,15H. The Morgan fingerprint density at radius 2 is 2.06 bits per heavy atom. The summed E-state index contributed by atoms with van der Waals surface area (Å²) >= 11 is 5.03. The van der Waals surface area contributed by atoms with Crippen molar-refractivity contribution in [2.75, 3.05) is 5.32 Å². The topological polar surface area (TPSA) is 35.8 Å². The summed E-state index contributed by atoms with van der Waals surface area (Å²) in [6, 6.07) is 13.7. The van der Waals surface area contributed by atoms with E-state index in [0.717, 1.165) is 15.0 Å². The zero-order valence-corrected chi connectivity index (χ0v) is 10.8. The third-order valence-electron chi connectivity index (χ3n) is 2.13. The molecule has 1 aromatic heterocycles. The predicted octanol–water partition coefficient (Wildman–Crippen LogP) is 4.19. The summed E-state index contributed by atoms with van der Waals surface area (Å²) in [5.41, 5.74) is 0.933. The van der Waals surface area contributed by atoms with Gasteiger partial charge in [0, 0.05) is 15.0 Å². The van der Waals surface area contributed by atoms with Crippen LogP contribution in [0.1, 0.15) is 10.9 Å². The molecule has 1 heterocycles. The molecular formula is C12H9BrN2S. The summed E-state index contributed by atoms with van der Waals surface area (Å²) in [6.45, 7) is 0. The monoisotopic (exact) mass is 292 g/mol. The van der Waals surface area contributed by atoms with Crippen molar-refractivity contribution < 1.29 is 0 Å². The highest BCUT2D eigenvalue weighted by Crippen LogP contribution is 2.27. The van der Waals surface area contributed by atoms with E-state index in [4.69, 9.17) is 5.26 Å². The molecule has 16 heavy (non-hydrogen) atoms. The zero-order valence-electron chi connectivity index (χ0n) is 8.35. The zero-order chi connectivity index (χ0) is 11.4. The molecule has 0 bridgehead atoms. The molecule has 2 aromatic rings. The van der Waals surface area contributed by atoms with Gasteiger partial charge in [-0.15, -0.1) is 11.3 Å². The van der Waals surface area contributed by atoms with Crippen molar-refractivity contribution in [1.29, 1.82) is 5.26 Å². The molecule has 1 atom stereocenters. The molecule has 1 unspecified atom stereocenters. The van der Waals surface area contributed by atoms with E-state index in [1.54, 1.807) is 11.3 Å². The van der Waals surface area contributed by atoms with Gasteiger partial charge in [-0.05, 0) is 39.5 Å². The number of halogens is 1. The fraction of sp³-hybridized carbons (Fsp3) is 0.0833. The molecule has 0 saturated carbocycles. The van der Waals surface area contributed by atoms with Crippen LogP contribution in [0.15, 0.2) is 46.3 Å². The summed E-state index contributed by atoms with van der Waals surface area (Å²) in [7, 11) is 0. The van der Waals surface area contributed by atoms with Crippen LogP contribution in [0.25, 0.3) is 0 Å². The molecular weight excluding hydrogens is 284 g/mol. The van der Waals surface area contributed by atoms with Crippen molar-refractivity contribution in [3.63, 3.8) is 0 Å². The molecule has 2 nitrogen and oxygen atoms in total. The number of nitrogens with one attached hydrogen (secondary N) is 1. The summed E-state index contributed by atoms with van der Waals surface area (Å²) in [5, 5.41) is 14.3. The predicted molar refractivity (Wildman–Crippen MR) is 70.4 cm³/mol. The quantitative estimate of drug-likeness (QED) is 0.921. The second-order valence-electron chi connectivity index (χ2n) is 3.20. The molecule has 1 aromatic carbocycles. The molecule has 0 spiro atoms. The molecule has 2 rings (SSSR count). The molecule has 4 heteroatoms. The molecule has 0 aliphatic rings. The van der Waals surface area contributed by atoms with Gasteiger partial charge in [-0.25, -0.2) is 0 Å². The smallest absolute Gasteiger partial charge is 0.149 e. The summed E-state index contributed by atoms with van der Waals surface area (Å²) in [4.78, 5) is 1.03. The van der Waals surface area contributed by atoms with Gasteiger partial charge in [0.05, 0.1) is 6.07 Å². The molecule has 0 aliphatic carbocycles. The molecule has 0 fully saturated rings. The van der Waals surface area contributed by atoms with Crippen LogP contribution in [0.4, 0.5) is 5.69 Å². The van der Waals surface area contributed by atoms with Gasteiger partial charge in [-0.3, -0.25) is 0 Å². The molecule has 0 saturated heterocycles. The lowest BCUT2D eigenvalue weighted by atomic mass is 10.2. The van der Waals surface area contributed by atoms with Gasteiger partial charge < -0.3 is 5.32 Å². The lowest BCUT2D eigenvalue weighted by Gasteiger charge is -2.12. The van der Waals surface area contributed by atoms with Gasteiger partial charge in [0.15, 0.2) is 0 Å². The van der Waals surface area contributed by atoms with E-state index < -0.39 is 0 Å². The maximum Gasteiger partial charge on any atom is 0.149 e. The maximum absolute atomic E-state index is 9.13. The Balaban J connectivity index is 2.21. The first-order valence-electron chi connectivity index (χ1n) is 4.75.